The Bertz CT molecular complexity index is 1670. The topological polar surface area (TPSA) is 104 Å². The molecule has 3 aromatic carbocycles. The van der Waals surface area contributed by atoms with E-state index in [0.29, 0.717) is 44.6 Å². The maximum Gasteiger partial charge on any atom is 0.271 e. The molecule has 0 radical (unpaired) electrons. The number of carbonyl (C=O) groups excluding carboxylic acids is 3. The number of benzene rings is 3. The van der Waals surface area contributed by atoms with Crippen molar-refractivity contribution < 1.29 is 23.5 Å². The van der Waals surface area contributed by atoms with Crippen LogP contribution in [0.25, 0.3) is 17.4 Å². The largest absolute Gasteiger partial charge is 0.497 e. The van der Waals surface area contributed by atoms with Crippen molar-refractivity contribution >= 4 is 46.4 Å². The van der Waals surface area contributed by atoms with Gasteiger partial charge in [0.1, 0.15) is 17.3 Å². The average molecular weight is 536 g/mol. The van der Waals surface area contributed by atoms with E-state index in [1.54, 1.807) is 67.8 Å². The summed E-state index contributed by atoms with van der Waals surface area (Å²) in [5.41, 5.74) is 2.77. The van der Waals surface area contributed by atoms with E-state index in [1.165, 1.54) is 9.80 Å². The first-order valence-electron chi connectivity index (χ1n) is 12.0. The van der Waals surface area contributed by atoms with Crippen LogP contribution in [0, 0.1) is 5.41 Å². The molecule has 1 saturated heterocycles. The Morgan fingerprint density at radius 2 is 1.62 bits per heavy atom. The Hall–Kier alpha value is -4.89. The lowest BCUT2D eigenvalue weighted by Crippen LogP contribution is -2.29. The highest BCUT2D eigenvalue weighted by Gasteiger charge is 2.36. The quantitative estimate of drug-likeness (QED) is 0.247. The molecule has 0 unspecified atom stereocenters. The first-order chi connectivity index (χ1) is 18.9. The first kappa shape index (κ1) is 24.4. The summed E-state index contributed by atoms with van der Waals surface area (Å²) in [6, 6.07) is 24.8. The number of methoxy groups -OCH3 is 1. The number of hydrogen-bond acceptors (Lipinski definition) is 7. The lowest BCUT2D eigenvalue weighted by Gasteiger charge is -2.14. The van der Waals surface area contributed by atoms with Crippen molar-refractivity contribution in [1.29, 1.82) is 5.41 Å². The molecule has 1 fully saturated rings. The molecule has 3 amide bonds. The molecule has 6 rings (SSSR count). The van der Waals surface area contributed by atoms with Gasteiger partial charge >= 0.3 is 0 Å². The number of imide groups is 1. The van der Waals surface area contributed by atoms with Crippen LogP contribution < -0.4 is 9.64 Å². The number of amidine groups is 1. The maximum absolute atomic E-state index is 13.1. The fourth-order valence-electron chi connectivity index (χ4n) is 4.52. The second kappa shape index (κ2) is 9.77. The van der Waals surface area contributed by atoms with Gasteiger partial charge in [0.2, 0.25) is 0 Å². The van der Waals surface area contributed by atoms with Crippen LogP contribution in [0.4, 0.5) is 5.69 Å². The molecule has 9 heteroatoms. The van der Waals surface area contributed by atoms with E-state index in [1.807, 2.05) is 30.3 Å². The van der Waals surface area contributed by atoms with Crippen LogP contribution in [0.2, 0.25) is 0 Å². The van der Waals surface area contributed by atoms with Crippen molar-refractivity contribution in [2.45, 2.75) is 6.54 Å². The Morgan fingerprint density at radius 3 is 2.36 bits per heavy atom. The predicted molar refractivity (Wildman–Crippen MR) is 149 cm³/mol. The first-order valence-corrected chi connectivity index (χ1v) is 12.9. The summed E-state index contributed by atoms with van der Waals surface area (Å²) in [6.07, 6.45) is 1.60. The second-order valence-electron chi connectivity index (χ2n) is 8.90. The molecule has 0 saturated carbocycles. The van der Waals surface area contributed by atoms with Crippen molar-refractivity contribution in [2.24, 2.45) is 0 Å². The van der Waals surface area contributed by atoms with Gasteiger partial charge in [-0.1, -0.05) is 36.4 Å². The van der Waals surface area contributed by atoms with Crippen LogP contribution >= 0.6 is 11.8 Å². The van der Waals surface area contributed by atoms with Gasteiger partial charge in [0.05, 0.1) is 35.4 Å². The molecule has 8 nitrogen and oxygen atoms in total. The number of anilines is 1. The summed E-state index contributed by atoms with van der Waals surface area (Å²) >= 11 is 1.05. The predicted octanol–water partition coefficient (Wildman–Crippen LogP) is 5.81. The van der Waals surface area contributed by atoms with Crippen LogP contribution in [-0.2, 0) is 11.3 Å². The fourth-order valence-corrected chi connectivity index (χ4v) is 5.36. The van der Waals surface area contributed by atoms with E-state index in [2.05, 4.69) is 0 Å². The van der Waals surface area contributed by atoms with E-state index in [0.717, 1.165) is 17.3 Å². The molecule has 1 N–H and O–H groups in total. The van der Waals surface area contributed by atoms with Crippen LogP contribution in [-0.4, -0.2) is 34.9 Å². The minimum absolute atomic E-state index is 0.0880. The lowest BCUT2D eigenvalue weighted by atomic mass is 10.0. The van der Waals surface area contributed by atoms with Crippen LogP contribution in [0.3, 0.4) is 0 Å². The molecule has 2 aliphatic heterocycles. The van der Waals surface area contributed by atoms with E-state index in [4.69, 9.17) is 14.6 Å². The molecular weight excluding hydrogens is 514 g/mol. The van der Waals surface area contributed by atoms with Crippen molar-refractivity contribution in [3.05, 3.63) is 112 Å². The van der Waals surface area contributed by atoms with Gasteiger partial charge in [-0.05, 0) is 65.9 Å². The van der Waals surface area contributed by atoms with Crippen LogP contribution in [0.15, 0.2) is 94.3 Å². The highest BCUT2D eigenvalue weighted by molar-refractivity contribution is 8.19. The Balaban J connectivity index is 1.22. The summed E-state index contributed by atoms with van der Waals surface area (Å²) in [5.74, 6) is 0.580. The summed E-state index contributed by atoms with van der Waals surface area (Å²) in [4.78, 5) is 41.9. The van der Waals surface area contributed by atoms with Crippen molar-refractivity contribution in [1.82, 2.24) is 4.90 Å². The molecule has 0 bridgehead atoms. The zero-order valence-electron chi connectivity index (χ0n) is 20.7. The van der Waals surface area contributed by atoms with Crippen LogP contribution in [0.1, 0.15) is 32.0 Å². The highest BCUT2D eigenvalue weighted by atomic mass is 32.2. The number of carbonyl (C=O) groups is 3. The third kappa shape index (κ3) is 4.42. The Morgan fingerprint density at radius 1 is 0.872 bits per heavy atom. The van der Waals surface area contributed by atoms with Gasteiger partial charge in [-0.3, -0.25) is 29.6 Å². The normalized spacial score (nSPS) is 16.0. The molecule has 3 heterocycles. The third-order valence-corrected chi connectivity index (χ3v) is 7.38. The molecule has 0 aliphatic carbocycles. The molecular formula is C30H21N3O5S. The summed E-state index contributed by atoms with van der Waals surface area (Å²) in [6.45, 7) is 0.204. The maximum atomic E-state index is 13.1. The van der Waals surface area contributed by atoms with Crippen LogP contribution in [0.5, 0.6) is 5.75 Å². The van der Waals surface area contributed by atoms with Gasteiger partial charge < -0.3 is 9.15 Å². The minimum Gasteiger partial charge on any atom is -0.497 e. The Labute approximate surface area is 228 Å². The molecule has 192 valence electrons. The molecule has 4 aromatic rings. The number of ether oxygens (including phenoxy) is 1. The number of thioether (sulfide) groups is 1. The molecule has 2 aliphatic rings. The monoisotopic (exact) mass is 535 g/mol. The molecule has 0 atom stereocenters. The number of nitrogens with one attached hydrogen (secondary N) is 1. The van der Waals surface area contributed by atoms with Crippen molar-refractivity contribution in [3.8, 4) is 17.1 Å². The molecule has 1 aromatic heterocycles. The molecule has 39 heavy (non-hydrogen) atoms. The van der Waals surface area contributed by atoms with E-state index in [9.17, 15) is 14.4 Å². The third-order valence-electron chi connectivity index (χ3n) is 6.49. The number of rotatable bonds is 6. The second-order valence-corrected chi connectivity index (χ2v) is 9.93. The summed E-state index contributed by atoms with van der Waals surface area (Å²) in [5, 5.41) is 8.39. The van der Waals surface area contributed by atoms with E-state index < -0.39 is 0 Å². The van der Waals surface area contributed by atoms with Gasteiger partial charge in [-0.25, -0.2) is 0 Å². The van der Waals surface area contributed by atoms with Crippen molar-refractivity contribution in [3.63, 3.8) is 0 Å². The SMILES string of the molecule is COc1ccc(N2C(=N)SC(=Cc3ccc(-c4ccc5c(c4)C(=O)N(Cc4ccccc4)C5=O)o3)C2=O)cc1. The van der Waals surface area contributed by atoms with E-state index >= 15 is 0 Å². The van der Waals surface area contributed by atoms with Gasteiger partial charge in [0.15, 0.2) is 5.17 Å². The van der Waals surface area contributed by atoms with Gasteiger partial charge in [-0.15, -0.1) is 0 Å². The lowest BCUT2D eigenvalue weighted by molar-refractivity contribution is -0.113. The van der Waals surface area contributed by atoms with Gasteiger partial charge in [0, 0.05) is 11.6 Å². The minimum atomic E-state index is -0.348. The van der Waals surface area contributed by atoms with Crippen molar-refractivity contribution in [2.75, 3.05) is 12.0 Å². The van der Waals surface area contributed by atoms with E-state index in [-0.39, 0.29) is 29.4 Å². The number of nitrogens with zero attached hydrogens (tertiary/aromatic N) is 2. The fraction of sp³-hybridized carbons (Fsp3) is 0.0667. The Kier molecular flexibility index (Phi) is 6.12. The smallest absolute Gasteiger partial charge is 0.271 e. The highest BCUT2D eigenvalue weighted by Crippen LogP contribution is 2.37. The van der Waals surface area contributed by atoms with Gasteiger partial charge in [0.25, 0.3) is 17.7 Å². The zero-order valence-corrected chi connectivity index (χ0v) is 21.5. The average Bonchev–Trinajstić information content (AvgIpc) is 3.61. The number of furan rings is 1. The number of fused-ring (bicyclic) bond motifs is 1. The number of hydrogen-bond donors (Lipinski definition) is 1. The standard InChI is InChI=1S/C30H21N3O5S/c1-37-21-10-8-20(9-11-21)33-29(36)26(39-30(33)31)16-22-12-14-25(38-22)19-7-13-23-24(15-19)28(35)32(27(23)34)17-18-5-3-2-4-6-18/h2-16,31H,17H2,1H3. The number of amides is 3. The molecule has 0 spiro atoms. The zero-order chi connectivity index (χ0) is 27.1. The van der Waals surface area contributed by atoms with Gasteiger partial charge in [-0.2, -0.15) is 0 Å². The summed E-state index contributed by atoms with van der Waals surface area (Å²) in [7, 11) is 1.56. The summed E-state index contributed by atoms with van der Waals surface area (Å²) < 4.78 is 11.1.